The van der Waals surface area contributed by atoms with Gasteiger partial charge in [0, 0.05) is 13.1 Å². The SMILES string of the molecule is CN(C)CCOCCNS(=O)(=O)c1cnc(NN)nc1. The van der Waals surface area contributed by atoms with Crippen LogP contribution in [0.5, 0.6) is 0 Å². The van der Waals surface area contributed by atoms with E-state index in [1.807, 2.05) is 19.0 Å². The number of likely N-dealkylation sites (N-methyl/N-ethyl adjacent to an activating group) is 1. The minimum absolute atomic E-state index is 0.0233. The van der Waals surface area contributed by atoms with Crippen molar-refractivity contribution < 1.29 is 13.2 Å². The highest BCUT2D eigenvalue weighted by Crippen LogP contribution is 2.06. The molecular formula is C10H20N6O3S. The summed E-state index contributed by atoms with van der Waals surface area (Å²) in [5, 5.41) is 0. The van der Waals surface area contributed by atoms with Crippen molar-refractivity contribution in [1.29, 1.82) is 0 Å². The number of sulfonamides is 1. The number of nitrogen functional groups attached to an aromatic ring is 1. The molecule has 0 bridgehead atoms. The quantitative estimate of drug-likeness (QED) is 0.290. The lowest BCUT2D eigenvalue weighted by Gasteiger charge is -2.10. The smallest absolute Gasteiger partial charge is 0.243 e. The van der Waals surface area contributed by atoms with Gasteiger partial charge >= 0.3 is 0 Å². The molecule has 1 aromatic rings. The number of hydrogen-bond acceptors (Lipinski definition) is 8. The minimum Gasteiger partial charge on any atom is -0.379 e. The molecule has 10 heteroatoms. The van der Waals surface area contributed by atoms with Crippen LogP contribution in [-0.4, -0.2) is 63.7 Å². The Morgan fingerprint density at radius 3 is 2.50 bits per heavy atom. The number of aromatic nitrogens is 2. The van der Waals surface area contributed by atoms with Crippen LogP contribution in [0.3, 0.4) is 0 Å². The van der Waals surface area contributed by atoms with Gasteiger partial charge in [0.2, 0.25) is 16.0 Å². The fraction of sp³-hybridized carbons (Fsp3) is 0.600. The average molecular weight is 304 g/mol. The van der Waals surface area contributed by atoms with E-state index in [4.69, 9.17) is 10.6 Å². The molecule has 1 aromatic heterocycles. The summed E-state index contributed by atoms with van der Waals surface area (Å²) in [5.41, 5.74) is 2.22. The second-order valence-electron chi connectivity index (χ2n) is 4.20. The lowest BCUT2D eigenvalue weighted by molar-refractivity contribution is 0.122. The molecule has 1 rings (SSSR count). The summed E-state index contributed by atoms with van der Waals surface area (Å²) in [4.78, 5) is 9.43. The Morgan fingerprint density at radius 2 is 1.95 bits per heavy atom. The van der Waals surface area contributed by atoms with Gasteiger partial charge in [-0.25, -0.2) is 29.0 Å². The first-order valence-corrected chi connectivity index (χ1v) is 7.45. The van der Waals surface area contributed by atoms with E-state index in [0.717, 1.165) is 6.54 Å². The Morgan fingerprint density at radius 1 is 1.30 bits per heavy atom. The van der Waals surface area contributed by atoms with Crippen molar-refractivity contribution in [2.24, 2.45) is 5.84 Å². The van der Waals surface area contributed by atoms with Crippen LogP contribution in [0, 0.1) is 0 Å². The topological polar surface area (TPSA) is 122 Å². The standard InChI is InChI=1S/C10H20N6O3S/c1-16(2)4-6-19-5-3-14-20(17,18)9-7-12-10(15-11)13-8-9/h7-8,14H,3-6,11H2,1-2H3,(H,12,13,15). The van der Waals surface area contributed by atoms with Crippen LogP contribution < -0.4 is 16.0 Å². The first-order chi connectivity index (χ1) is 9.45. The normalized spacial score (nSPS) is 11.8. The molecule has 0 radical (unpaired) electrons. The third-order valence-corrected chi connectivity index (χ3v) is 3.70. The summed E-state index contributed by atoms with van der Waals surface area (Å²) in [7, 11) is 0.250. The Balaban J connectivity index is 2.37. The van der Waals surface area contributed by atoms with Gasteiger partial charge in [-0.1, -0.05) is 0 Å². The summed E-state index contributed by atoms with van der Waals surface area (Å²) in [5.74, 6) is 5.25. The van der Waals surface area contributed by atoms with E-state index in [9.17, 15) is 8.42 Å². The van der Waals surface area contributed by atoms with E-state index >= 15 is 0 Å². The van der Waals surface area contributed by atoms with Crippen LogP contribution in [0.2, 0.25) is 0 Å². The maximum absolute atomic E-state index is 11.9. The number of ether oxygens (including phenoxy) is 1. The highest BCUT2D eigenvalue weighted by molar-refractivity contribution is 7.89. The van der Waals surface area contributed by atoms with Crippen molar-refractivity contribution in [2.75, 3.05) is 45.8 Å². The first-order valence-electron chi connectivity index (χ1n) is 5.96. The van der Waals surface area contributed by atoms with E-state index in [2.05, 4.69) is 20.1 Å². The molecule has 20 heavy (non-hydrogen) atoms. The maximum Gasteiger partial charge on any atom is 0.243 e. The molecule has 0 unspecified atom stereocenters. The number of nitrogens with zero attached hydrogens (tertiary/aromatic N) is 3. The third kappa shape index (κ3) is 5.75. The second-order valence-corrected chi connectivity index (χ2v) is 5.97. The zero-order valence-electron chi connectivity index (χ0n) is 11.5. The van der Waals surface area contributed by atoms with E-state index in [0.29, 0.717) is 13.2 Å². The van der Waals surface area contributed by atoms with Crippen LogP contribution in [0.25, 0.3) is 0 Å². The first kappa shape index (κ1) is 16.7. The van der Waals surface area contributed by atoms with Crippen molar-refractivity contribution >= 4 is 16.0 Å². The number of nitrogens with two attached hydrogens (primary N) is 1. The molecule has 114 valence electrons. The summed E-state index contributed by atoms with van der Waals surface area (Å²) >= 11 is 0. The molecule has 1 heterocycles. The molecule has 0 aliphatic heterocycles. The van der Waals surface area contributed by atoms with Gasteiger partial charge in [-0.05, 0) is 14.1 Å². The molecule has 0 saturated carbocycles. The van der Waals surface area contributed by atoms with Crippen molar-refractivity contribution in [1.82, 2.24) is 19.6 Å². The van der Waals surface area contributed by atoms with Gasteiger partial charge in [0.15, 0.2) is 0 Å². The summed E-state index contributed by atoms with van der Waals surface area (Å²) in [6.07, 6.45) is 2.36. The maximum atomic E-state index is 11.9. The van der Waals surface area contributed by atoms with E-state index in [-0.39, 0.29) is 17.4 Å². The van der Waals surface area contributed by atoms with Crippen molar-refractivity contribution in [3.8, 4) is 0 Å². The summed E-state index contributed by atoms with van der Waals surface area (Å²) in [6.45, 7) is 1.83. The van der Waals surface area contributed by atoms with Crippen molar-refractivity contribution in [3.05, 3.63) is 12.4 Å². The molecule has 0 saturated heterocycles. The molecule has 0 atom stereocenters. The summed E-state index contributed by atoms with van der Waals surface area (Å²) < 4.78 is 31.4. The predicted molar refractivity (Wildman–Crippen MR) is 74.4 cm³/mol. The van der Waals surface area contributed by atoms with Crippen LogP contribution in [0.15, 0.2) is 17.3 Å². The Kier molecular flexibility index (Phi) is 6.75. The largest absolute Gasteiger partial charge is 0.379 e. The molecular weight excluding hydrogens is 284 g/mol. The lowest BCUT2D eigenvalue weighted by Crippen LogP contribution is -2.28. The molecule has 4 N–H and O–H groups in total. The number of hydrogen-bond donors (Lipinski definition) is 3. The van der Waals surface area contributed by atoms with Gasteiger partial charge in [0.1, 0.15) is 4.90 Å². The van der Waals surface area contributed by atoms with E-state index in [1.54, 1.807) is 0 Å². The predicted octanol–water partition coefficient (Wildman–Crippen LogP) is -1.38. The molecule has 0 aromatic carbocycles. The molecule has 9 nitrogen and oxygen atoms in total. The lowest BCUT2D eigenvalue weighted by atomic mass is 10.6. The van der Waals surface area contributed by atoms with Crippen LogP contribution in [0.4, 0.5) is 5.95 Å². The average Bonchev–Trinajstić information content (AvgIpc) is 2.42. The van der Waals surface area contributed by atoms with Crippen LogP contribution in [0.1, 0.15) is 0 Å². The molecule has 0 aliphatic rings. The van der Waals surface area contributed by atoms with Crippen molar-refractivity contribution in [3.63, 3.8) is 0 Å². The third-order valence-electron chi connectivity index (χ3n) is 2.29. The fourth-order valence-corrected chi connectivity index (χ4v) is 2.11. The Hall–Kier alpha value is -1.33. The monoisotopic (exact) mass is 304 g/mol. The highest BCUT2D eigenvalue weighted by atomic mass is 32.2. The minimum atomic E-state index is -3.62. The number of anilines is 1. The summed E-state index contributed by atoms with van der Waals surface area (Å²) in [6, 6.07) is 0. The molecule has 0 spiro atoms. The molecule has 0 aliphatic carbocycles. The van der Waals surface area contributed by atoms with Gasteiger partial charge in [-0.15, -0.1) is 0 Å². The Bertz CT molecular complexity index is 490. The highest BCUT2D eigenvalue weighted by Gasteiger charge is 2.14. The number of hydrazine groups is 1. The van der Waals surface area contributed by atoms with Gasteiger partial charge in [0.25, 0.3) is 0 Å². The van der Waals surface area contributed by atoms with Gasteiger partial charge < -0.3 is 9.64 Å². The van der Waals surface area contributed by atoms with E-state index in [1.165, 1.54) is 12.4 Å². The zero-order valence-corrected chi connectivity index (χ0v) is 12.4. The van der Waals surface area contributed by atoms with Crippen molar-refractivity contribution in [2.45, 2.75) is 4.90 Å². The Labute approximate surface area is 118 Å². The van der Waals surface area contributed by atoms with Gasteiger partial charge in [-0.3, -0.25) is 5.43 Å². The zero-order chi connectivity index (χ0) is 15.0. The van der Waals surface area contributed by atoms with E-state index < -0.39 is 10.0 Å². The fourth-order valence-electron chi connectivity index (χ4n) is 1.21. The number of nitrogens with one attached hydrogen (secondary N) is 2. The molecule has 0 fully saturated rings. The van der Waals surface area contributed by atoms with Crippen LogP contribution in [-0.2, 0) is 14.8 Å². The second kappa shape index (κ2) is 8.07. The van der Waals surface area contributed by atoms with Crippen LogP contribution >= 0.6 is 0 Å². The molecule has 0 amide bonds. The van der Waals surface area contributed by atoms with Gasteiger partial charge in [-0.2, -0.15) is 0 Å². The van der Waals surface area contributed by atoms with Gasteiger partial charge in [0.05, 0.1) is 25.6 Å². The number of rotatable bonds is 9.